The monoisotopic (exact) mass is 173 g/mol. The molecule has 0 bridgehead atoms. The van der Waals surface area contributed by atoms with Crippen LogP contribution in [0.5, 0.6) is 0 Å². The van der Waals surface area contributed by atoms with Crippen LogP contribution in [0.15, 0.2) is 29.3 Å². The fraction of sp³-hybridized carbons (Fsp3) is 0.417. The van der Waals surface area contributed by atoms with Crippen LogP contribution in [0.3, 0.4) is 0 Å². The van der Waals surface area contributed by atoms with Crippen LogP contribution in [-0.4, -0.2) is 5.71 Å². The van der Waals surface area contributed by atoms with Crippen molar-refractivity contribution in [3.8, 4) is 0 Å². The molecule has 68 valence electrons. The Labute approximate surface area is 79.5 Å². The highest BCUT2D eigenvalue weighted by atomic mass is 14.7. The van der Waals surface area contributed by atoms with E-state index in [1.54, 1.807) is 0 Å². The van der Waals surface area contributed by atoms with Gasteiger partial charge in [-0.3, -0.25) is 4.99 Å². The van der Waals surface area contributed by atoms with Gasteiger partial charge in [-0.1, -0.05) is 17.7 Å². The molecule has 13 heavy (non-hydrogen) atoms. The van der Waals surface area contributed by atoms with E-state index < -0.39 is 0 Å². The summed E-state index contributed by atoms with van der Waals surface area (Å²) in [6.07, 6.45) is 5.05. The van der Waals surface area contributed by atoms with Crippen LogP contribution < -0.4 is 0 Å². The van der Waals surface area contributed by atoms with Gasteiger partial charge in [0, 0.05) is 5.71 Å². The lowest BCUT2D eigenvalue weighted by Crippen LogP contribution is -1.86. The Kier molecular flexibility index (Phi) is 2.44. The van der Waals surface area contributed by atoms with Crippen molar-refractivity contribution in [2.24, 2.45) is 4.99 Å². The van der Waals surface area contributed by atoms with Crippen LogP contribution >= 0.6 is 0 Å². The molecule has 2 rings (SSSR count). The number of rotatable bonds is 1. The molecule has 1 aliphatic carbocycles. The molecule has 0 heterocycles. The van der Waals surface area contributed by atoms with Gasteiger partial charge in [0.2, 0.25) is 0 Å². The number of hydrogen-bond acceptors (Lipinski definition) is 1. The highest BCUT2D eigenvalue weighted by molar-refractivity contribution is 5.88. The van der Waals surface area contributed by atoms with Crippen molar-refractivity contribution in [3.63, 3.8) is 0 Å². The van der Waals surface area contributed by atoms with Gasteiger partial charge >= 0.3 is 0 Å². The van der Waals surface area contributed by atoms with Crippen molar-refractivity contribution in [1.82, 2.24) is 0 Å². The van der Waals surface area contributed by atoms with E-state index >= 15 is 0 Å². The van der Waals surface area contributed by atoms with Crippen molar-refractivity contribution in [2.75, 3.05) is 0 Å². The highest BCUT2D eigenvalue weighted by Crippen LogP contribution is 2.20. The molecule has 0 N–H and O–H groups in total. The Morgan fingerprint density at radius 2 is 1.62 bits per heavy atom. The SMILES string of the molecule is Cc1ccc(N=C2CCCC2)cc1. The summed E-state index contributed by atoms with van der Waals surface area (Å²) in [6.45, 7) is 2.10. The molecule has 1 heteroatoms. The van der Waals surface area contributed by atoms with E-state index in [4.69, 9.17) is 0 Å². The van der Waals surface area contributed by atoms with Gasteiger partial charge in [0.25, 0.3) is 0 Å². The third-order valence-electron chi connectivity index (χ3n) is 2.50. The van der Waals surface area contributed by atoms with Gasteiger partial charge in [-0.05, 0) is 44.7 Å². The first-order chi connectivity index (χ1) is 6.34. The molecule has 0 atom stereocenters. The van der Waals surface area contributed by atoms with E-state index in [0.717, 1.165) is 5.69 Å². The van der Waals surface area contributed by atoms with Gasteiger partial charge in [-0.25, -0.2) is 0 Å². The molecule has 0 radical (unpaired) electrons. The molecule has 1 saturated carbocycles. The molecule has 0 spiro atoms. The fourth-order valence-corrected chi connectivity index (χ4v) is 1.70. The van der Waals surface area contributed by atoms with Gasteiger partial charge < -0.3 is 0 Å². The lowest BCUT2D eigenvalue weighted by atomic mass is 10.2. The summed E-state index contributed by atoms with van der Waals surface area (Å²) in [5.41, 5.74) is 3.79. The van der Waals surface area contributed by atoms with Gasteiger partial charge in [-0.2, -0.15) is 0 Å². The van der Waals surface area contributed by atoms with Crippen molar-refractivity contribution in [2.45, 2.75) is 32.6 Å². The normalized spacial score (nSPS) is 16.2. The Morgan fingerprint density at radius 3 is 2.23 bits per heavy atom. The fourth-order valence-electron chi connectivity index (χ4n) is 1.70. The molecule has 0 amide bonds. The molecule has 1 aromatic carbocycles. The second kappa shape index (κ2) is 3.73. The minimum Gasteiger partial charge on any atom is -0.258 e. The van der Waals surface area contributed by atoms with Crippen LogP contribution in [0.1, 0.15) is 31.2 Å². The van der Waals surface area contributed by atoms with Crippen LogP contribution in [0, 0.1) is 6.92 Å². The van der Waals surface area contributed by atoms with E-state index in [1.165, 1.54) is 37.0 Å². The van der Waals surface area contributed by atoms with E-state index in [9.17, 15) is 0 Å². The average Bonchev–Trinajstić information content (AvgIpc) is 2.62. The first-order valence-electron chi connectivity index (χ1n) is 4.98. The lowest BCUT2D eigenvalue weighted by molar-refractivity contribution is 0.886. The third-order valence-corrected chi connectivity index (χ3v) is 2.50. The number of aryl methyl sites for hydroxylation is 1. The molecular weight excluding hydrogens is 158 g/mol. The predicted molar refractivity (Wildman–Crippen MR) is 56.7 cm³/mol. The molecule has 1 nitrogen and oxygen atoms in total. The Bertz CT molecular complexity index is 300. The largest absolute Gasteiger partial charge is 0.258 e. The highest BCUT2D eigenvalue weighted by Gasteiger charge is 2.07. The maximum atomic E-state index is 4.62. The second-order valence-electron chi connectivity index (χ2n) is 3.72. The average molecular weight is 173 g/mol. The van der Waals surface area contributed by atoms with E-state index in [0.29, 0.717) is 0 Å². The molecule has 1 fully saturated rings. The first kappa shape index (κ1) is 8.49. The number of nitrogens with zero attached hydrogens (tertiary/aromatic N) is 1. The predicted octanol–water partition coefficient (Wildman–Crippen LogP) is 3.64. The number of benzene rings is 1. The summed E-state index contributed by atoms with van der Waals surface area (Å²) >= 11 is 0. The summed E-state index contributed by atoms with van der Waals surface area (Å²) in [7, 11) is 0. The zero-order valence-electron chi connectivity index (χ0n) is 8.09. The third kappa shape index (κ3) is 2.18. The Morgan fingerprint density at radius 1 is 1.00 bits per heavy atom. The quantitative estimate of drug-likeness (QED) is 0.614. The number of hydrogen-bond donors (Lipinski definition) is 0. The maximum absolute atomic E-state index is 4.62. The standard InChI is InChI=1S/C12H15N/c1-10-6-8-12(9-7-10)13-11-4-2-3-5-11/h6-9H,2-5H2,1H3. The topological polar surface area (TPSA) is 12.4 Å². The van der Waals surface area contributed by atoms with Crippen molar-refractivity contribution >= 4 is 11.4 Å². The molecule has 0 unspecified atom stereocenters. The summed E-state index contributed by atoms with van der Waals surface area (Å²) < 4.78 is 0. The minimum atomic E-state index is 1.11. The zero-order chi connectivity index (χ0) is 9.10. The van der Waals surface area contributed by atoms with E-state index in [1.807, 2.05) is 0 Å². The molecule has 1 aromatic rings. The minimum absolute atomic E-state index is 1.11. The van der Waals surface area contributed by atoms with Gasteiger partial charge in [-0.15, -0.1) is 0 Å². The molecule has 0 aromatic heterocycles. The van der Waals surface area contributed by atoms with Gasteiger partial charge in [0.15, 0.2) is 0 Å². The van der Waals surface area contributed by atoms with Crippen LogP contribution in [0.2, 0.25) is 0 Å². The summed E-state index contributed by atoms with van der Waals surface area (Å²) in [5.74, 6) is 0. The molecular formula is C12H15N. The van der Waals surface area contributed by atoms with E-state index in [-0.39, 0.29) is 0 Å². The van der Waals surface area contributed by atoms with Crippen molar-refractivity contribution in [3.05, 3.63) is 29.8 Å². The smallest absolute Gasteiger partial charge is 0.0629 e. The number of aliphatic imine (C=N–C) groups is 1. The summed E-state index contributed by atoms with van der Waals surface area (Å²) in [5, 5.41) is 0. The maximum Gasteiger partial charge on any atom is 0.0629 e. The second-order valence-corrected chi connectivity index (χ2v) is 3.72. The van der Waals surface area contributed by atoms with Crippen molar-refractivity contribution < 1.29 is 0 Å². The summed E-state index contributed by atoms with van der Waals surface area (Å²) in [6, 6.07) is 8.43. The van der Waals surface area contributed by atoms with Crippen LogP contribution in [-0.2, 0) is 0 Å². The summed E-state index contributed by atoms with van der Waals surface area (Å²) in [4.78, 5) is 4.62. The Hall–Kier alpha value is -1.11. The molecule has 0 saturated heterocycles. The van der Waals surface area contributed by atoms with Gasteiger partial charge in [0.05, 0.1) is 5.69 Å². The first-order valence-corrected chi connectivity index (χ1v) is 4.98. The lowest BCUT2D eigenvalue weighted by Gasteiger charge is -1.97. The van der Waals surface area contributed by atoms with Gasteiger partial charge in [0.1, 0.15) is 0 Å². The Balaban J connectivity index is 2.17. The zero-order valence-corrected chi connectivity index (χ0v) is 8.09. The van der Waals surface area contributed by atoms with Crippen molar-refractivity contribution in [1.29, 1.82) is 0 Å². The molecule has 0 aliphatic heterocycles. The van der Waals surface area contributed by atoms with E-state index in [2.05, 4.69) is 36.2 Å². The van der Waals surface area contributed by atoms with Crippen LogP contribution in [0.4, 0.5) is 5.69 Å². The molecule has 1 aliphatic rings. The van der Waals surface area contributed by atoms with Crippen LogP contribution in [0.25, 0.3) is 0 Å².